The van der Waals surface area contributed by atoms with Gasteiger partial charge in [-0.15, -0.1) is 0 Å². The molecule has 3 amide bonds. The van der Waals surface area contributed by atoms with Crippen LogP contribution in [0, 0.1) is 13.8 Å². The quantitative estimate of drug-likeness (QED) is 0.640. The van der Waals surface area contributed by atoms with E-state index in [-0.39, 0.29) is 23.8 Å². The van der Waals surface area contributed by atoms with E-state index in [1.807, 2.05) is 13.0 Å². The zero-order valence-corrected chi connectivity index (χ0v) is 22.1. The molecule has 9 heteroatoms. The third-order valence-corrected chi connectivity index (χ3v) is 7.42. The Labute approximate surface area is 217 Å². The van der Waals surface area contributed by atoms with Crippen LogP contribution in [0.3, 0.4) is 0 Å². The van der Waals surface area contributed by atoms with Crippen LogP contribution in [0.4, 0.5) is 5.82 Å². The number of aryl methyl sites for hydroxylation is 2. The van der Waals surface area contributed by atoms with Crippen LogP contribution in [-0.4, -0.2) is 76.7 Å². The molecule has 192 valence electrons. The van der Waals surface area contributed by atoms with Crippen molar-refractivity contribution in [2.75, 3.05) is 32.5 Å². The lowest BCUT2D eigenvalue weighted by atomic mass is 10.0. The normalized spacial score (nSPS) is 19.0. The van der Waals surface area contributed by atoms with Gasteiger partial charge in [0.15, 0.2) is 0 Å². The van der Waals surface area contributed by atoms with E-state index in [2.05, 4.69) is 27.3 Å². The Bertz CT molecular complexity index is 1160. The average Bonchev–Trinajstić information content (AvgIpc) is 3.22. The van der Waals surface area contributed by atoms with E-state index in [1.165, 1.54) is 10.5 Å². The number of rotatable bonds is 6. The van der Waals surface area contributed by atoms with E-state index < -0.39 is 6.04 Å². The van der Waals surface area contributed by atoms with Crippen molar-refractivity contribution in [3.63, 3.8) is 0 Å². The summed E-state index contributed by atoms with van der Waals surface area (Å²) < 4.78 is 0. The molecule has 0 aliphatic carbocycles. The maximum absolute atomic E-state index is 13.2. The summed E-state index contributed by atoms with van der Waals surface area (Å²) >= 11 is 6.16. The van der Waals surface area contributed by atoms with Gasteiger partial charge < -0.3 is 15.1 Å². The van der Waals surface area contributed by atoms with Gasteiger partial charge in [0.05, 0.1) is 0 Å². The fourth-order valence-electron chi connectivity index (χ4n) is 5.16. The number of carbonyl (C=O) groups is 3. The Kier molecular flexibility index (Phi) is 7.95. The zero-order valence-electron chi connectivity index (χ0n) is 21.4. The number of hydrogen-bond acceptors (Lipinski definition) is 5. The molecule has 2 aliphatic heterocycles. The molecule has 1 aromatic heterocycles. The second-order valence-corrected chi connectivity index (χ2v) is 10.4. The molecule has 0 bridgehead atoms. The number of hydrogen-bond donors (Lipinski definition) is 1. The maximum Gasteiger partial charge on any atom is 0.253 e. The minimum Gasteiger partial charge on any atom is -0.345 e. The summed E-state index contributed by atoms with van der Waals surface area (Å²) in [6, 6.07) is 8.91. The maximum atomic E-state index is 13.2. The van der Waals surface area contributed by atoms with Crippen LogP contribution in [0.25, 0.3) is 0 Å². The van der Waals surface area contributed by atoms with Crippen LogP contribution < -0.4 is 5.32 Å². The van der Waals surface area contributed by atoms with Crippen molar-refractivity contribution in [2.45, 2.75) is 58.2 Å². The predicted molar refractivity (Wildman–Crippen MR) is 140 cm³/mol. The molecule has 0 radical (unpaired) electrons. The smallest absolute Gasteiger partial charge is 0.253 e. The number of piperidine rings is 1. The van der Waals surface area contributed by atoms with Gasteiger partial charge in [-0.3, -0.25) is 19.3 Å². The van der Waals surface area contributed by atoms with E-state index in [0.717, 1.165) is 43.1 Å². The van der Waals surface area contributed by atoms with E-state index in [1.54, 1.807) is 38.1 Å². The highest BCUT2D eigenvalue weighted by Crippen LogP contribution is 2.29. The number of pyridine rings is 1. The Hall–Kier alpha value is -2.97. The number of amides is 3. The second-order valence-electron chi connectivity index (χ2n) is 10.0. The van der Waals surface area contributed by atoms with E-state index in [4.69, 9.17) is 11.6 Å². The van der Waals surface area contributed by atoms with Crippen LogP contribution in [-0.2, 0) is 16.1 Å². The van der Waals surface area contributed by atoms with Gasteiger partial charge in [0.1, 0.15) is 11.9 Å². The van der Waals surface area contributed by atoms with Gasteiger partial charge in [0.25, 0.3) is 5.91 Å². The summed E-state index contributed by atoms with van der Waals surface area (Å²) in [4.78, 5) is 48.5. The largest absolute Gasteiger partial charge is 0.345 e. The molecule has 0 spiro atoms. The Morgan fingerprint density at radius 2 is 1.83 bits per heavy atom. The van der Waals surface area contributed by atoms with Crippen molar-refractivity contribution in [3.8, 4) is 0 Å². The minimum atomic E-state index is -0.525. The molecule has 2 saturated heterocycles. The van der Waals surface area contributed by atoms with Gasteiger partial charge >= 0.3 is 0 Å². The summed E-state index contributed by atoms with van der Waals surface area (Å²) in [6.07, 6.45) is 2.51. The van der Waals surface area contributed by atoms with E-state index in [9.17, 15) is 14.4 Å². The Morgan fingerprint density at radius 3 is 2.50 bits per heavy atom. The SMILES string of the molecule is Cc1cc(C(=O)N(C)C)cc(NC(=O)[C@H]2CCC(=O)N2C2CCN(Cc3ccc(Cl)c(C)c3)CC2)n1. The molecule has 2 aliphatic rings. The summed E-state index contributed by atoms with van der Waals surface area (Å²) in [7, 11) is 3.36. The van der Waals surface area contributed by atoms with Gasteiger partial charge in [-0.2, -0.15) is 0 Å². The lowest BCUT2D eigenvalue weighted by Gasteiger charge is -2.39. The molecule has 36 heavy (non-hydrogen) atoms. The summed E-state index contributed by atoms with van der Waals surface area (Å²) in [5.41, 5.74) is 3.40. The number of benzene rings is 1. The Morgan fingerprint density at radius 1 is 1.11 bits per heavy atom. The first-order valence-electron chi connectivity index (χ1n) is 12.4. The van der Waals surface area contributed by atoms with Crippen molar-refractivity contribution >= 4 is 35.1 Å². The number of nitrogens with one attached hydrogen (secondary N) is 1. The molecule has 0 saturated carbocycles. The third kappa shape index (κ3) is 5.87. The molecule has 2 fully saturated rings. The first-order chi connectivity index (χ1) is 17.1. The molecular weight excluding hydrogens is 478 g/mol. The van der Waals surface area contributed by atoms with Gasteiger partial charge in [-0.25, -0.2) is 4.98 Å². The number of halogens is 1. The molecular formula is C27H34ClN5O3. The van der Waals surface area contributed by atoms with Crippen molar-refractivity contribution in [1.82, 2.24) is 19.7 Å². The summed E-state index contributed by atoms with van der Waals surface area (Å²) in [6.45, 7) is 6.36. The van der Waals surface area contributed by atoms with E-state index in [0.29, 0.717) is 29.9 Å². The number of aromatic nitrogens is 1. The topological polar surface area (TPSA) is 85.8 Å². The standard InChI is InChI=1S/C27H34ClN5O3/c1-17-13-19(5-6-22(17)28)16-32-11-9-21(10-12-32)33-23(7-8-25(33)34)26(35)30-24-15-20(14-18(2)29-24)27(36)31(3)4/h5-6,13-15,21,23H,7-12,16H2,1-4H3,(H,29,30,35)/t23-/m1/s1. The van der Waals surface area contributed by atoms with Gasteiger partial charge in [-0.1, -0.05) is 23.7 Å². The fourth-order valence-corrected chi connectivity index (χ4v) is 5.28. The van der Waals surface area contributed by atoms with Crippen molar-refractivity contribution in [1.29, 1.82) is 0 Å². The third-order valence-electron chi connectivity index (χ3n) is 6.99. The highest BCUT2D eigenvalue weighted by Gasteiger charge is 2.41. The number of anilines is 1. The first kappa shape index (κ1) is 26.1. The van der Waals surface area contributed by atoms with Crippen molar-refractivity contribution in [2.24, 2.45) is 0 Å². The molecule has 2 aromatic rings. The van der Waals surface area contributed by atoms with E-state index >= 15 is 0 Å². The lowest BCUT2D eigenvalue weighted by molar-refractivity contribution is -0.136. The molecule has 8 nitrogen and oxygen atoms in total. The van der Waals surface area contributed by atoms with Crippen LogP contribution in [0.1, 0.15) is 52.9 Å². The van der Waals surface area contributed by atoms with Crippen molar-refractivity contribution in [3.05, 3.63) is 57.7 Å². The molecule has 0 unspecified atom stereocenters. The zero-order chi connectivity index (χ0) is 26.0. The van der Waals surface area contributed by atoms with Crippen LogP contribution in [0.2, 0.25) is 5.02 Å². The number of nitrogens with zero attached hydrogens (tertiary/aromatic N) is 4. The first-order valence-corrected chi connectivity index (χ1v) is 12.8. The highest BCUT2D eigenvalue weighted by molar-refractivity contribution is 6.31. The monoisotopic (exact) mass is 511 g/mol. The summed E-state index contributed by atoms with van der Waals surface area (Å²) in [5, 5.41) is 3.64. The predicted octanol–water partition coefficient (Wildman–Crippen LogP) is 3.65. The van der Waals surface area contributed by atoms with Gasteiger partial charge in [0, 0.05) is 62.5 Å². The number of likely N-dealkylation sites (tertiary alicyclic amines) is 2. The minimum absolute atomic E-state index is 0.0302. The highest BCUT2D eigenvalue weighted by atomic mass is 35.5. The number of carbonyl (C=O) groups excluding carboxylic acids is 3. The van der Waals surface area contributed by atoms with Gasteiger partial charge in [0.2, 0.25) is 11.8 Å². The van der Waals surface area contributed by atoms with Crippen LogP contribution in [0.15, 0.2) is 30.3 Å². The molecule has 1 atom stereocenters. The van der Waals surface area contributed by atoms with Crippen molar-refractivity contribution < 1.29 is 14.4 Å². The Balaban J connectivity index is 1.39. The lowest BCUT2D eigenvalue weighted by Crippen LogP contribution is -2.51. The summed E-state index contributed by atoms with van der Waals surface area (Å²) in [5.74, 6) is -0.0457. The average molecular weight is 512 g/mol. The molecule has 1 aromatic carbocycles. The molecule has 4 rings (SSSR count). The molecule has 3 heterocycles. The van der Waals surface area contributed by atoms with Crippen LogP contribution in [0.5, 0.6) is 0 Å². The fraction of sp³-hybridized carbons (Fsp3) is 0.481. The molecule has 1 N–H and O–H groups in total. The second kappa shape index (κ2) is 11.0. The van der Waals surface area contributed by atoms with Gasteiger partial charge in [-0.05, 0) is 62.4 Å². The van der Waals surface area contributed by atoms with Crippen LogP contribution >= 0.6 is 11.6 Å².